The first-order valence-corrected chi connectivity index (χ1v) is 14.0. The highest BCUT2D eigenvalue weighted by Gasteiger charge is 2.32. The van der Waals surface area contributed by atoms with Crippen LogP contribution in [0.1, 0.15) is 25.0 Å². The molecule has 0 radical (unpaired) electrons. The Morgan fingerprint density at radius 1 is 0.974 bits per heavy atom. The Morgan fingerprint density at radius 2 is 1.55 bits per heavy atom. The summed E-state index contributed by atoms with van der Waals surface area (Å²) in [5.74, 6) is -1.52. The van der Waals surface area contributed by atoms with Crippen molar-refractivity contribution in [2.75, 3.05) is 17.4 Å². The van der Waals surface area contributed by atoms with E-state index in [1.807, 2.05) is 6.92 Å². The molecule has 0 fully saturated rings. The third kappa shape index (κ3) is 7.24. The Kier molecular flexibility index (Phi) is 9.76. The molecule has 202 valence electrons. The van der Waals surface area contributed by atoms with E-state index in [9.17, 15) is 22.4 Å². The summed E-state index contributed by atoms with van der Waals surface area (Å²) in [4.78, 5) is 27.7. The zero-order valence-corrected chi connectivity index (χ0v) is 23.4. The van der Waals surface area contributed by atoms with Gasteiger partial charge in [-0.25, -0.2) is 12.8 Å². The van der Waals surface area contributed by atoms with Crippen molar-refractivity contribution < 1.29 is 22.4 Å². The van der Waals surface area contributed by atoms with Gasteiger partial charge in [0.25, 0.3) is 10.0 Å². The van der Waals surface area contributed by atoms with Gasteiger partial charge in [0.1, 0.15) is 18.4 Å². The molecule has 0 saturated heterocycles. The molecule has 0 bridgehead atoms. The molecule has 0 aliphatic carbocycles. The van der Waals surface area contributed by atoms with Gasteiger partial charge in [-0.2, -0.15) is 0 Å². The van der Waals surface area contributed by atoms with Crippen LogP contribution in [-0.2, 0) is 26.2 Å². The number of hydrogen-bond donors (Lipinski definition) is 1. The summed E-state index contributed by atoms with van der Waals surface area (Å²) in [6, 6.07) is 15.0. The Bertz CT molecular complexity index is 1380. The molecular weight excluding hydrogens is 552 g/mol. The molecule has 1 N–H and O–H groups in total. The highest BCUT2D eigenvalue weighted by atomic mass is 35.5. The molecule has 1 atom stereocenters. The Hall–Kier alpha value is -3.14. The molecule has 0 heterocycles. The van der Waals surface area contributed by atoms with Crippen LogP contribution in [0.2, 0.25) is 10.0 Å². The van der Waals surface area contributed by atoms with Crippen LogP contribution >= 0.6 is 23.2 Å². The van der Waals surface area contributed by atoms with Crippen LogP contribution < -0.4 is 9.62 Å². The lowest BCUT2D eigenvalue weighted by Gasteiger charge is -2.32. The van der Waals surface area contributed by atoms with E-state index in [0.29, 0.717) is 12.1 Å². The fourth-order valence-electron chi connectivity index (χ4n) is 3.74. The van der Waals surface area contributed by atoms with Crippen molar-refractivity contribution in [1.82, 2.24) is 10.2 Å². The predicted molar refractivity (Wildman–Crippen MR) is 147 cm³/mol. The van der Waals surface area contributed by atoms with Crippen LogP contribution in [0.4, 0.5) is 10.1 Å². The summed E-state index contributed by atoms with van der Waals surface area (Å²) in [5, 5.41) is 3.04. The molecule has 38 heavy (non-hydrogen) atoms. The number of sulfonamides is 1. The van der Waals surface area contributed by atoms with Crippen molar-refractivity contribution in [3.05, 3.63) is 93.7 Å². The van der Waals surface area contributed by atoms with Gasteiger partial charge in [0.15, 0.2) is 0 Å². The molecule has 2 amide bonds. The topological polar surface area (TPSA) is 86.8 Å². The first kappa shape index (κ1) is 29.4. The van der Waals surface area contributed by atoms with Gasteiger partial charge in [0.05, 0.1) is 10.6 Å². The first-order chi connectivity index (χ1) is 17.9. The lowest BCUT2D eigenvalue weighted by molar-refractivity contribution is -0.139. The van der Waals surface area contributed by atoms with E-state index in [4.69, 9.17) is 23.2 Å². The number of amides is 2. The zero-order valence-electron chi connectivity index (χ0n) is 21.1. The van der Waals surface area contributed by atoms with Crippen LogP contribution in [-0.4, -0.2) is 44.3 Å². The summed E-state index contributed by atoms with van der Waals surface area (Å²) < 4.78 is 41.9. The fraction of sp³-hybridized carbons (Fsp3) is 0.259. The van der Waals surface area contributed by atoms with E-state index in [1.54, 1.807) is 26.0 Å². The zero-order chi connectivity index (χ0) is 28.0. The molecule has 3 rings (SSSR count). The number of hydrogen-bond acceptors (Lipinski definition) is 4. The number of benzene rings is 3. The molecule has 11 heteroatoms. The molecule has 3 aromatic carbocycles. The number of anilines is 1. The lowest BCUT2D eigenvalue weighted by Crippen LogP contribution is -2.51. The predicted octanol–water partition coefficient (Wildman–Crippen LogP) is 5.19. The Labute approximate surface area is 232 Å². The average Bonchev–Trinajstić information content (AvgIpc) is 2.86. The number of carbonyl (C=O) groups is 2. The minimum Gasteiger partial charge on any atom is -0.355 e. The minimum atomic E-state index is -4.25. The van der Waals surface area contributed by atoms with E-state index in [-0.39, 0.29) is 27.2 Å². The average molecular weight is 581 g/mol. The second-order valence-electron chi connectivity index (χ2n) is 8.67. The maximum Gasteiger partial charge on any atom is 0.264 e. The van der Waals surface area contributed by atoms with Gasteiger partial charge in [0, 0.05) is 23.1 Å². The SMILES string of the molecule is CCNC(=O)[C@H](C)N(Cc1ccc(F)cc1)C(=O)CN(c1cc(Cl)cc(Cl)c1)S(=O)(=O)c1ccc(C)cc1. The molecular formula is C27H28Cl2FN3O4S. The second-order valence-corrected chi connectivity index (χ2v) is 11.4. The number of rotatable bonds is 10. The summed E-state index contributed by atoms with van der Waals surface area (Å²) >= 11 is 12.3. The second kappa shape index (κ2) is 12.6. The minimum absolute atomic E-state index is 0.0335. The molecule has 3 aromatic rings. The largest absolute Gasteiger partial charge is 0.355 e. The quantitative estimate of drug-likeness (QED) is 0.358. The molecule has 0 aromatic heterocycles. The van der Waals surface area contributed by atoms with E-state index < -0.39 is 40.2 Å². The van der Waals surface area contributed by atoms with Crippen LogP contribution in [0.5, 0.6) is 0 Å². The van der Waals surface area contributed by atoms with Crippen molar-refractivity contribution in [1.29, 1.82) is 0 Å². The van der Waals surface area contributed by atoms with Crippen LogP contribution in [0.3, 0.4) is 0 Å². The molecule has 0 aliphatic heterocycles. The van der Waals surface area contributed by atoms with Gasteiger partial charge in [-0.3, -0.25) is 13.9 Å². The monoisotopic (exact) mass is 579 g/mol. The maximum atomic E-state index is 13.8. The van der Waals surface area contributed by atoms with E-state index in [0.717, 1.165) is 9.87 Å². The summed E-state index contributed by atoms with van der Waals surface area (Å²) in [6.45, 7) is 4.77. The number of nitrogens with one attached hydrogen (secondary N) is 1. The molecule has 7 nitrogen and oxygen atoms in total. The Balaban J connectivity index is 2.06. The van der Waals surface area contributed by atoms with Crippen LogP contribution in [0.15, 0.2) is 71.6 Å². The van der Waals surface area contributed by atoms with Gasteiger partial charge >= 0.3 is 0 Å². The van der Waals surface area contributed by atoms with Gasteiger partial charge in [-0.15, -0.1) is 0 Å². The number of aryl methyl sites for hydroxylation is 1. The summed E-state index contributed by atoms with van der Waals surface area (Å²) in [7, 11) is -4.25. The van der Waals surface area contributed by atoms with Crippen molar-refractivity contribution in [3.8, 4) is 0 Å². The number of halogens is 3. The summed E-state index contributed by atoms with van der Waals surface area (Å²) in [6.07, 6.45) is 0. The molecule has 0 unspecified atom stereocenters. The molecule has 0 saturated carbocycles. The van der Waals surface area contributed by atoms with Crippen molar-refractivity contribution in [3.63, 3.8) is 0 Å². The maximum absolute atomic E-state index is 13.8. The molecule has 0 spiro atoms. The number of likely N-dealkylation sites (N-methyl/N-ethyl adjacent to an activating group) is 1. The Morgan fingerprint density at radius 3 is 2.11 bits per heavy atom. The third-order valence-corrected chi connectivity index (χ3v) is 8.03. The van der Waals surface area contributed by atoms with E-state index >= 15 is 0 Å². The fourth-order valence-corrected chi connectivity index (χ4v) is 5.65. The molecule has 0 aliphatic rings. The van der Waals surface area contributed by atoms with Gasteiger partial charge in [-0.1, -0.05) is 53.0 Å². The normalized spacial score (nSPS) is 12.1. The number of nitrogens with zero attached hydrogens (tertiary/aromatic N) is 2. The standard InChI is InChI=1S/C27H28Cl2FN3O4S/c1-4-31-27(35)19(3)32(16-20-7-9-23(30)10-8-20)26(34)17-33(24-14-21(28)13-22(29)15-24)38(36,37)25-11-5-18(2)6-12-25/h5-15,19H,4,16-17H2,1-3H3,(H,31,35)/t19-/m0/s1. The van der Waals surface area contributed by atoms with Crippen molar-refractivity contribution in [2.24, 2.45) is 0 Å². The van der Waals surface area contributed by atoms with E-state index in [2.05, 4.69) is 5.32 Å². The smallest absolute Gasteiger partial charge is 0.264 e. The van der Waals surface area contributed by atoms with E-state index in [1.165, 1.54) is 59.5 Å². The van der Waals surface area contributed by atoms with Gasteiger partial charge in [0.2, 0.25) is 11.8 Å². The van der Waals surface area contributed by atoms with Gasteiger partial charge < -0.3 is 10.2 Å². The highest BCUT2D eigenvalue weighted by Crippen LogP contribution is 2.30. The van der Waals surface area contributed by atoms with Crippen molar-refractivity contribution in [2.45, 2.75) is 38.3 Å². The third-order valence-electron chi connectivity index (χ3n) is 5.81. The van der Waals surface area contributed by atoms with Crippen molar-refractivity contribution >= 4 is 50.7 Å². The summed E-state index contributed by atoms with van der Waals surface area (Å²) in [5.41, 5.74) is 1.51. The van der Waals surface area contributed by atoms with Crippen LogP contribution in [0.25, 0.3) is 0 Å². The van der Waals surface area contributed by atoms with Gasteiger partial charge in [-0.05, 0) is 68.8 Å². The highest BCUT2D eigenvalue weighted by molar-refractivity contribution is 7.92. The number of carbonyl (C=O) groups excluding carboxylic acids is 2. The lowest BCUT2D eigenvalue weighted by atomic mass is 10.1. The van der Waals surface area contributed by atoms with Crippen LogP contribution in [0, 0.1) is 12.7 Å². The first-order valence-electron chi connectivity index (χ1n) is 11.8.